The predicted molar refractivity (Wildman–Crippen MR) is 75.0 cm³/mol. The molecule has 0 saturated carbocycles. The minimum Gasteiger partial charge on any atom is -0.225 e. The van der Waals surface area contributed by atoms with Crippen LogP contribution in [0.4, 0.5) is 0 Å². The van der Waals surface area contributed by atoms with E-state index in [1.807, 2.05) is 6.07 Å². The summed E-state index contributed by atoms with van der Waals surface area (Å²) in [4.78, 5) is 0.312. The fourth-order valence-electron chi connectivity index (χ4n) is 2.04. The molecule has 0 radical (unpaired) electrons. The number of hydrogen-bond acceptors (Lipinski definition) is 2. The second-order valence-electron chi connectivity index (χ2n) is 5.67. The second-order valence-corrected chi connectivity index (χ2v) is 10.1. The first-order chi connectivity index (χ1) is 7.55. The van der Waals surface area contributed by atoms with Crippen molar-refractivity contribution in [1.29, 1.82) is 0 Å². The molecule has 0 amide bonds. The maximum Gasteiger partial charge on any atom is 0.237 e. The smallest absolute Gasteiger partial charge is 0.225 e. The van der Waals surface area contributed by atoms with Crippen molar-refractivity contribution in [3.63, 3.8) is 0 Å². The molecule has 5 heteroatoms. The molecule has 17 heavy (non-hydrogen) atoms. The molecule has 0 bridgehead atoms. The van der Waals surface area contributed by atoms with Crippen molar-refractivity contribution in [3.8, 4) is 0 Å². The van der Waals surface area contributed by atoms with Crippen LogP contribution in [-0.2, 0) is 15.4 Å². The molecule has 0 unspecified atom stereocenters. The monoisotopic (exact) mass is 271 g/mol. The van der Waals surface area contributed by atoms with Crippen LogP contribution in [0, 0.1) is 0 Å². The molecule has 0 heterocycles. The molecular weight excluding hydrogens is 250 g/mol. The quantitative estimate of drug-likeness (QED) is 0.825. The van der Waals surface area contributed by atoms with Crippen LogP contribution in [0.1, 0.15) is 26.3 Å². The lowest BCUT2D eigenvalue weighted by molar-refractivity contribution is 0.588. The van der Waals surface area contributed by atoms with Gasteiger partial charge in [-0.15, -0.1) is 0 Å². The van der Waals surface area contributed by atoms with E-state index < -0.39 is 18.8 Å². The van der Waals surface area contributed by atoms with Crippen LogP contribution in [-0.4, -0.2) is 17.2 Å². The third-order valence-corrected chi connectivity index (χ3v) is 5.71. The van der Waals surface area contributed by atoms with E-state index in [4.69, 9.17) is 5.14 Å². The van der Waals surface area contributed by atoms with Crippen LogP contribution in [0.25, 0.3) is 0 Å². The van der Waals surface area contributed by atoms with E-state index in [2.05, 4.69) is 33.9 Å². The SMILES string of the molecule is C[SiH](C)c1c(C(C)(C)C)cccc1S(N)(=O)=O. The van der Waals surface area contributed by atoms with Gasteiger partial charge in [0.2, 0.25) is 10.0 Å². The minimum atomic E-state index is -3.63. The predicted octanol–water partition coefficient (Wildman–Crippen LogP) is 1.33. The molecule has 1 rings (SSSR count). The van der Waals surface area contributed by atoms with Crippen LogP contribution in [0.3, 0.4) is 0 Å². The van der Waals surface area contributed by atoms with E-state index in [0.29, 0.717) is 4.90 Å². The number of nitrogens with two attached hydrogens (primary N) is 1. The summed E-state index contributed by atoms with van der Waals surface area (Å²) in [6, 6.07) is 5.41. The zero-order valence-electron chi connectivity index (χ0n) is 11.1. The third-order valence-electron chi connectivity index (χ3n) is 2.76. The van der Waals surface area contributed by atoms with Gasteiger partial charge < -0.3 is 0 Å². The molecule has 0 aliphatic rings. The van der Waals surface area contributed by atoms with Crippen molar-refractivity contribution in [1.82, 2.24) is 0 Å². The molecule has 96 valence electrons. The van der Waals surface area contributed by atoms with Gasteiger partial charge in [0.1, 0.15) is 0 Å². The number of primary sulfonamides is 1. The van der Waals surface area contributed by atoms with Gasteiger partial charge in [-0.1, -0.05) is 46.0 Å². The summed E-state index contributed by atoms with van der Waals surface area (Å²) >= 11 is 0. The largest absolute Gasteiger partial charge is 0.237 e. The Kier molecular flexibility index (Phi) is 3.86. The molecule has 0 fully saturated rings. The van der Waals surface area contributed by atoms with Crippen LogP contribution < -0.4 is 10.3 Å². The van der Waals surface area contributed by atoms with Gasteiger partial charge in [0, 0.05) is 0 Å². The van der Waals surface area contributed by atoms with Crippen molar-refractivity contribution < 1.29 is 8.42 Å². The summed E-state index contributed by atoms with van der Waals surface area (Å²) in [7, 11) is -4.89. The summed E-state index contributed by atoms with van der Waals surface area (Å²) in [5, 5.41) is 6.28. The van der Waals surface area contributed by atoms with E-state index in [9.17, 15) is 8.42 Å². The molecule has 0 aliphatic heterocycles. The van der Waals surface area contributed by atoms with E-state index in [0.717, 1.165) is 10.8 Å². The first kappa shape index (κ1) is 14.4. The van der Waals surface area contributed by atoms with Gasteiger partial charge in [-0.3, -0.25) is 0 Å². The maximum atomic E-state index is 11.6. The van der Waals surface area contributed by atoms with Crippen LogP contribution in [0.5, 0.6) is 0 Å². The Labute approximate surface area is 106 Å². The molecule has 0 aliphatic carbocycles. The number of benzene rings is 1. The fourth-order valence-corrected chi connectivity index (χ4v) is 5.74. The highest BCUT2D eigenvalue weighted by molar-refractivity contribution is 7.89. The normalized spacial score (nSPS) is 13.1. The van der Waals surface area contributed by atoms with E-state index in [-0.39, 0.29) is 5.41 Å². The van der Waals surface area contributed by atoms with Gasteiger partial charge >= 0.3 is 0 Å². The first-order valence-corrected chi connectivity index (χ1v) is 10.1. The molecule has 0 atom stereocenters. The Morgan fingerprint density at radius 2 is 1.71 bits per heavy atom. The van der Waals surface area contributed by atoms with Gasteiger partial charge in [0.15, 0.2) is 0 Å². The molecule has 1 aromatic carbocycles. The topological polar surface area (TPSA) is 60.2 Å². The number of rotatable bonds is 2. The molecule has 0 saturated heterocycles. The van der Waals surface area contributed by atoms with Gasteiger partial charge in [-0.25, -0.2) is 13.6 Å². The Bertz CT molecular complexity index is 516. The number of hydrogen-bond donors (Lipinski definition) is 1. The lowest BCUT2D eigenvalue weighted by atomic mass is 9.87. The van der Waals surface area contributed by atoms with E-state index >= 15 is 0 Å². The molecule has 2 N–H and O–H groups in total. The molecular formula is C12H21NO2SSi. The zero-order valence-corrected chi connectivity index (χ0v) is 13.1. The van der Waals surface area contributed by atoms with Crippen LogP contribution >= 0.6 is 0 Å². The van der Waals surface area contributed by atoms with Crippen molar-refractivity contribution >= 4 is 24.0 Å². The fraction of sp³-hybridized carbons (Fsp3) is 0.500. The Morgan fingerprint density at radius 3 is 2.06 bits per heavy atom. The number of sulfonamides is 1. The highest BCUT2D eigenvalue weighted by atomic mass is 32.2. The average Bonchev–Trinajstić information content (AvgIpc) is 2.13. The van der Waals surface area contributed by atoms with Crippen molar-refractivity contribution in [2.75, 3.05) is 0 Å². The van der Waals surface area contributed by atoms with E-state index in [1.165, 1.54) is 0 Å². The van der Waals surface area contributed by atoms with Crippen molar-refractivity contribution in [2.24, 2.45) is 5.14 Å². The third kappa shape index (κ3) is 3.17. The molecule has 3 nitrogen and oxygen atoms in total. The summed E-state index contributed by atoms with van der Waals surface area (Å²) in [6.07, 6.45) is 0. The van der Waals surface area contributed by atoms with Gasteiger partial charge in [0.05, 0.1) is 13.7 Å². The lowest BCUT2D eigenvalue weighted by Crippen LogP contribution is -2.38. The Hall–Kier alpha value is -0.653. The minimum absolute atomic E-state index is 0.0622. The lowest BCUT2D eigenvalue weighted by Gasteiger charge is -2.26. The Balaban J connectivity index is 3.67. The summed E-state index contributed by atoms with van der Waals surface area (Å²) in [5.74, 6) is 0. The maximum absolute atomic E-state index is 11.6. The van der Waals surface area contributed by atoms with Crippen molar-refractivity contribution in [3.05, 3.63) is 23.8 Å². The van der Waals surface area contributed by atoms with Gasteiger partial charge in [0.25, 0.3) is 0 Å². The molecule has 0 aromatic heterocycles. The standard InChI is InChI=1S/C12H21NO2SSi/c1-12(2,3)9-7-6-8-10(16(13,14)15)11(9)17(4)5/h6-8,17H,1-5H3,(H2,13,14,15). The van der Waals surface area contributed by atoms with Crippen LogP contribution in [0.2, 0.25) is 13.1 Å². The summed E-state index contributed by atoms with van der Waals surface area (Å²) in [6.45, 7) is 10.5. The highest BCUT2D eigenvalue weighted by Crippen LogP contribution is 2.23. The van der Waals surface area contributed by atoms with Gasteiger partial charge in [-0.2, -0.15) is 0 Å². The van der Waals surface area contributed by atoms with E-state index in [1.54, 1.807) is 12.1 Å². The highest BCUT2D eigenvalue weighted by Gasteiger charge is 2.25. The second kappa shape index (κ2) is 4.55. The summed E-state index contributed by atoms with van der Waals surface area (Å²) in [5.41, 5.74) is 1.04. The van der Waals surface area contributed by atoms with Crippen LogP contribution in [0.15, 0.2) is 23.1 Å². The Morgan fingerprint density at radius 1 is 1.18 bits per heavy atom. The van der Waals surface area contributed by atoms with Crippen molar-refractivity contribution in [2.45, 2.75) is 44.2 Å². The molecule has 1 aromatic rings. The zero-order chi connectivity index (χ0) is 13.4. The first-order valence-electron chi connectivity index (χ1n) is 5.71. The summed E-state index contributed by atoms with van der Waals surface area (Å²) < 4.78 is 23.3. The average molecular weight is 271 g/mol. The molecule has 0 spiro atoms. The van der Waals surface area contributed by atoms with Gasteiger partial charge in [-0.05, 0) is 22.2 Å².